The van der Waals surface area contributed by atoms with Crippen LogP contribution in [0.15, 0.2) is 36.7 Å². The van der Waals surface area contributed by atoms with E-state index in [-0.39, 0.29) is 5.75 Å². The molecule has 1 fully saturated rings. The molecule has 20 heavy (non-hydrogen) atoms. The van der Waals surface area contributed by atoms with Crippen LogP contribution >= 0.6 is 0 Å². The zero-order valence-electron chi connectivity index (χ0n) is 11.1. The molecule has 0 spiro atoms. The number of aromatic hydroxyl groups is 1. The van der Waals surface area contributed by atoms with Crippen LogP contribution in [0.3, 0.4) is 0 Å². The Balaban J connectivity index is 1.69. The highest BCUT2D eigenvalue weighted by Gasteiger charge is 2.17. The van der Waals surface area contributed by atoms with Crippen molar-refractivity contribution in [3.8, 4) is 17.2 Å². The van der Waals surface area contributed by atoms with Crippen LogP contribution in [0.25, 0.3) is 0 Å². The molecule has 1 unspecified atom stereocenters. The van der Waals surface area contributed by atoms with Crippen LogP contribution < -0.4 is 10.1 Å². The van der Waals surface area contributed by atoms with Crippen LogP contribution in [-0.4, -0.2) is 28.2 Å². The number of benzene rings is 1. The lowest BCUT2D eigenvalue weighted by Crippen LogP contribution is -2.29. The van der Waals surface area contributed by atoms with Crippen molar-refractivity contribution in [3.05, 3.63) is 42.5 Å². The normalized spacial score (nSPS) is 18.7. The molecule has 0 amide bonds. The molecule has 1 aliphatic heterocycles. The summed E-state index contributed by atoms with van der Waals surface area (Å²) in [4.78, 5) is 8.76. The van der Waals surface area contributed by atoms with E-state index in [0.29, 0.717) is 17.4 Å². The van der Waals surface area contributed by atoms with Gasteiger partial charge in [0.15, 0.2) is 5.75 Å². The van der Waals surface area contributed by atoms with Gasteiger partial charge >= 0.3 is 0 Å². The fourth-order valence-electron chi connectivity index (χ4n) is 2.34. The number of aromatic nitrogens is 2. The number of hydrogen-bond donors (Lipinski definition) is 2. The summed E-state index contributed by atoms with van der Waals surface area (Å²) in [5, 5.41) is 12.7. The number of ether oxygens (including phenoxy) is 1. The van der Waals surface area contributed by atoms with E-state index >= 15 is 0 Å². The summed E-state index contributed by atoms with van der Waals surface area (Å²) in [5.74, 6) is 2.57. The standard InChI is InChI=1S/C15H17N3O2/c19-12-4-1-5-13(7-12)20-14-9-17-15(18-10-14)11-3-2-6-16-8-11/h1,4-5,7,9-11,16,19H,2-3,6,8H2. The Morgan fingerprint density at radius 1 is 1.20 bits per heavy atom. The Kier molecular flexibility index (Phi) is 3.78. The van der Waals surface area contributed by atoms with Crippen LogP contribution in [-0.2, 0) is 0 Å². The fraction of sp³-hybridized carbons (Fsp3) is 0.333. The van der Waals surface area contributed by atoms with Gasteiger partial charge in [-0.2, -0.15) is 0 Å². The minimum atomic E-state index is 0.174. The van der Waals surface area contributed by atoms with Crippen LogP contribution in [0.2, 0.25) is 0 Å². The van der Waals surface area contributed by atoms with Crippen molar-refractivity contribution in [2.45, 2.75) is 18.8 Å². The molecule has 1 saturated heterocycles. The Morgan fingerprint density at radius 3 is 2.75 bits per heavy atom. The van der Waals surface area contributed by atoms with E-state index in [9.17, 15) is 5.11 Å². The summed E-state index contributed by atoms with van der Waals surface area (Å²) in [6, 6.07) is 6.66. The van der Waals surface area contributed by atoms with Gasteiger partial charge in [0.05, 0.1) is 12.4 Å². The van der Waals surface area contributed by atoms with E-state index in [4.69, 9.17) is 4.74 Å². The van der Waals surface area contributed by atoms with Crippen LogP contribution in [0.5, 0.6) is 17.2 Å². The van der Waals surface area contributed by atoms with Crippen molar-refractivity contribution in [2.75, 3.05) is 13.1 Å². The SMILES string of the molecule is Oc1cccc(Oc2cnc(C3CCCNC3)nc2)c1. The average molecular weight is 271 g/mol. The summed E-state index contributed by atoms with van der Waals surface area (Å²) in [6.45, 7) is 2.02. The lowest BCUT2D eigenvalue weighted by molar-refractivity contribution is 0.437. The van der Waals surface area contributed by atoms with E-state index in [0.717, 1.165) is 31.8 Å². The molecule has 2 aromatic rings. The molecule has 5 nitrogen and oxygen atoms in total. The van der Waals surface area contributed by atoms with E-state index in [1.165, 1.54) is 0 Å². The largest absolute Gasteiger partial charge is 0.508 e. The predicted octanol–water partition coefficient (Wildman–Crippen LogP) is 2.44. The van der Waals surface area contributed by atoms with Crippen molar-refractivity contribution >= 4 is 0 Å². The molecule has 2 heterocycles. The molecule has 2 N–H and O–H groups in total. The second kappa shape index (κ2) is 5.88. The van der Waals surface area contributed by atoms with E-state index in [2.05, 4.69) is 15.3 Å². The van der Waals surface area contributed by atoms with Crippen LogP contribution in [0, 0.1) is 0 Å². The third-order valence-electron chi connectivity index (χ3n) is 3.36. The summed E-state index contributed by atoms with van der Waals surface area (Å²) in [5.41, 5.74) is 0. The smallest absolute Gasteiger partial charge is 0.164 e. The van der Waals surface area contributed by atoms with Gasteiger partial charge in [-0.3, -0.25) is 0 Å². The van der Waals surface area contributed by atoms with E-state index < -0.39 is 0 Å². The van der Waals surface area contributed by atoms with Gasteiger partial charge < -0.3 is 15.2 Å². The number of nitrogens with zero attached hydrogens (tertiary/aromatic N) is 2. The second-order valence-electron chi connectivity index (χ2n) is 4.92. The molecule has 0 saturated carbocycles. The van der Waals surface area contributed by atoms with Crippen molar-refractivity contribution in [1.82, 2.24) is 15.3 Å². The molecular formula is C15H17N3O2. The van der Waals surface area contributed by atoms with Gasteiger partial charge in [0.2, 0.25) is 0 Å². The maximum Gasteiger partial charge on any atom is 0.164 e. The van der Waals surface area contributed by atoms with Crippen molar-refractivity contribution in [1.29, 1.82) is 0 Å². The first-order valence-electron chi connectivity index (χ1n) is 6.81. The first-order chi connectivity index (χ1) is 9.81. The second-order valence-corrected chi connectivity index (χ2v) is 4.92. The van der Waals surface area contributed by atoms with Crippen LogP contribution in [0.4, 0.5) is 0 Å². The van der Waals surface area contributed by atoms with Crippen molar-refractivity contribution < 1.29 is 9.84 Å². The summed E-state index contributed by atoms with van der Waals surface area (Å²) in [6.07, 6.45) is 5.65. The molecule has 5 heteroatoms. The first-order valence-corrected chi connectivity index (χ1v) is 6.81. The Hall–Kier alpha value is -2.14. The lowest BCUT2D eigenvalue weighted by atomic mass is 9.99. The van der Waals surface area contributed by atoms with E-state index in [1.807, 2.05) is 0 Å². The van der Waals surface area contributed by atoms with E-state index in [1.54, 1.807) is 36.7 Å². The number of hydrogen-bond acceptors (Lipinski definition) is 5. The molecule has 1 aliphatic rings. The van der Waals surface area contributed by atoms with Gasteiger partial charge in [-0.1, -0.05) is 6.07 Å². The van der Waals surface area contributed by atoms with Gasteiger partial charge in [-0.15, -0.1) is 0 Å². The number of phenolic OH excluding ortho intramolecular Hbond substituents is 1. The van der Waals surface area contributed by atoms with Crippen molar-refractivity contribution in [2.24, 2.45) is 0 Å². The Labute approximate surface area is 117 Å². The molecule has 1 aromatic heterocycles. The predicted molar refractivity (Wildman–Crippen MR) is 75.1 cm³/mol. The lowest BCUT2D eigenvalue weighted by Gasteiger charge is -2.21. The summed E-state index contributed by atoms with van der Waals surface area (Å²) < 4.78 is 5.60. The monoisotopic (exact) mass is 271 g/mol. The highest BCUT2D eigenvalue weighted by Crippen LogP contribution is 2.25. The maximum atomic E-state index is 9.39. The molecule has 1 aromatic carbocycles. The third kappa shape index (κ3) is 3.05. The van der Waals surface area contributed by atoms with Gasteiger partial charge in [0, 0.05) is 18.5 Å². The highest BCUT2D eigenvalue weighted by molar-refractivity contribution is 5.34. The quantitative estimate of drug-likeness (QED) is 0.897. The minimum absolute atomic E-state index is 0.174. The molecule has 0 radical (unpaired) electrons. The Bertz CT molecular complexity index is 566. The molecule has 3 rings (SSSR count). The number of rotatable bonds is 3. The Morgan fingerprint density at radius 2 is 2.05 bits per heavy atom. The van der Waals surface area contributed by atoms with Gasteiger partial charge in [0.25, 0.3) is 0 Å². The van der Waals surface area contributed by atoms with Crippen LogP contribution in [0.1, 0.15) is 24.6 Å². The molecule has 0 bridgehead atoms. The topological polar surface area (TPSA) is 67.3 Å². The fourth-order valence-corrected chi connectivity index (χ4v) is 2.34. The average Bonchev–Trinajstić information content (AvgIpc) is 2.49. The molecule has 0 aliphatic carbocycles. The molecule has 104 valence electrons. The van der Waals surface area contributed by atoms with Crippen molar-refractivity contribution in [3.63, 3.8) is 0 Å². The van der Waals surface area contributed by atoms with Gasteiger partial charge in [0.1, 0.15) is 17.3 Å². The summed E-state index contributed by atoms with van der Waals surface area (Å²) >= 11 is 0. The number of phenols is 1. The highest BCUT2D eigenvalue weighted by atomic mass is 16.5. The maximum absolute atomic E-state index is 9.39. The van der Waals surface area contributed by atoms with Gasteiger partial charge in [-0.25, -0.2) is 9.97 Å². The molecule has 1 atom stereocenters. The minimum Gasteiger partial charge on any atom is -0.508 e. The number of piperidine rings is 1. The zero-order valence-corrected chi connectivity index (χ0v) is 11.1. The first kappa shape index (κ1) is 12.9. The molecular weight excluding hydrogens is 254 g/mol. The number of nitrogens with one attached hydrogen (secondary N) is 1. The van der Waals surface area contributed by atoms with Gasteiger partial charge in [-0.05, 0) is 31.5 Å². The zero-order chi connectivity index (χ0) is 13.8. The summed E-state index contributed by atoms with van der Waals surface area (Å²) in [7, 11) is 0. The third-order valence-corrected chi connectivity index (χ3v) is 3.36.